The van der Waals surface area contributed by atoms with Crippen LogP contribution in [0, 0.1) is 13.8 Å². The minimum Gasteiger partial charge on any atom is -0.463 e. The number of esters is 1. The molecule has 0 bridgehead atoms. The summed E-state index contributed by atoms with van der Waals surface area (Å²) in [4.78, 5) is 19.5. The first kappa shape index (κ1) is 13.8. The van der Waals surface area contributed by atoms with Crippen LogP contribution in [0.2, 0.25) is 0 Å². The zero-order valence-corrected chi connectivity index (χ0v) is 11.5. The second kappa shape index (κ2) is 5.56. The van der Waals surface area contributed by atoms with Crippen molar-refractivity contribution in [2.24, 2.45) is 0 Å². The Morgan fingerprint density at radius 3 is 2.60 bits per heavy atom. The molecule has 0 radical (unpaired) electrons. The van der Waals surface area contributed by atoms with E-state index in [-0.39, 0.29) is 11.7 Å². The molecule has 0 fully saturated rings. The lowest BCUT2D eigenvalue weighted by Gasteiger charge is -2.09. The van der Waals surface area contributed by atoms with Crippen LogP contribution in [-0.2, 0) is 4.74 Å². The molecule has 2 rings (SSSR count). The third kappa shape index (κ3) is 3.03. The van der Waals surface area contributed by atoms with Crippen LogP contribution in [0.15, 0.2) is 24.3 Å². The Labute approximate surface area is 116 Å². The van der Waals surface area contributed by atoms with Crippen molar-refractivity contribution in [3.8, 4) is 11.6 Å². The molecule has 0 aliphatic rings. The maximum atomic E-state index is 11.5. The van der Waals surface area contributed by atoms with Crippen LogP contribution in [0.3, 0.4) is 0 Å². The van der Waals surface area contributed by atoms with Gasteiger partial charge in [0.2, 0.25) is 11.7 Å². The average Bonchev–Trinajstić information content (AvgIpc) is 2.40. The molecule has 0 aliphatic carbocycles. The summed E-state index contributed by atoms with van der Waals surface area (Å²) in [6.45, 7) is 3.62. The van der Waals surface area contributed by atoms with Crippen LogP contribution >= 0.6 is 0 Å². The predicted octanol–water partition coefficient (Wildman–Crippen LogP) is 2.25. The first-order valence-corrected chi connectivity index (χ1v) is 5.97. The van der Waals surface area contributed by atoms with Gasteiger partial charge in [-0.15, -0.1) is 0 Å². The number of nitrogens with two attached hydrogens (primary N) is 1. The molecule has 0 saturated heterocycles. The maximum absolute atomic E-state index is 11.5. The fourth-order valence-electron chi connectivity index (χ4n) is 1.67. The number of aromatic nitrogens is 2. The van der Waals surface area contributed by atoms with Crippen molar-refractivity contribution in [2.45, 2.75) is 13.8 Å². The number of carbonyl (C=O) groups excluding carboxylic acids is 1. The molecule has 6 nitrogen and oxygen atoms in total. The van der Waals surface area contributed by atoms with Crippen LogP contribution in [-0.4, -0.2) is 23.0 Å². The lowest BCUT2D eigenvalue weighted by Crippen LogP contribution is -2.09. The topological polar surface area (TPSA) is 87.3 Å². The zero-order chi connectivity index (χ0) is 14.7. The predicted molar refractivity (Wildman–Crippen MR) is 73.8 cm³/mol. The number of nitrogens with zero attached hydrogens (tertiary/aromatic N) is 2. The van der Waals surface area contributed by atoms with Crippen LogP contribution in [0.5, 0.6) is 11.6 Å². The van der Waals surface area contributed by atoms with E-state index in [2.05, 4.69) is 14.7 Å². The fourth-order valence-corrected chi connectivity index (χ4v) is 1.67. The van der Waals surface area contributed by atoms with E-state index in [9.17, 15) is 4.79 Å². The molecule has 2 N–H and O–H groups in total. The van der Waals surface area contributed by atoms with Crippen molar-refractivity contribution < 1.29 is 14.3 Å². The van der Waals surface area contributed by atoms with Gasteiger partial charge in [-0.3, -0.25) is 0 Å². The number of hydrogen-bond donors (Lipinski definition) is 1. The van der Waals surface area contributed by atoms with Crippen molar-refractivity contribution >= 4 is 11.7 Å². The minimum absolute atomic E-state index is 0.0319. The average molecular weight is 273 g/mol. The lowest BCUT2D eigenvalue weighted by molar-refractivity contribution is 0.0585. The maximum Gasteiger partial charge on any atom is 0.376 e. The number of anilines is 1. The van der Waals surface area contributed by atoms with Gasteiger partial charge in [0.05, 0.1) is 7.11 Å². The Bertz CT molecular complexity index is 656. The monoisotopic (exact) mass is 273 g/mol. The molecule has 104 valence electrons. The van der Waals surface area contributed by atoms with E-state index >= 15 is 0 Å². The first-order valence-electron chi connectivity index (χ1n) is 5.97. The lowest BCUT2D eigenvalue weighted by atomic mass is 10.2. The third-order valence-corrected chi connectivity index (χ3v) is 2.61. The Morgan fingerprint density at radius 2 is 1.95 bits per heavy atom. The third-order valence-electron chi connectivity index (χ3n) is 2.61. The molecular weight excluding hydrogens is 258 g/mol. The molecule has 1 heterocycles. The highest BCUT2D eigenvalue weighted by molar-refractivity contribution is 5.85. The van der Waals surface area contributed by atoms with Gasteiger partial charge in [-0.2, -0.15) is 4.98 Å². The van der Waals surface area contributed by atoms with Crippen LogP contribution < -0.4 is 10.5 Å². The van der Waals surface area contributed by atoms with Gasteiger partial charge in [-0.25, -0.2) is 9.78 Å². The summed E-state index contributed by atoms with van der Waals surface area (Å²) in [6, 6.07) is 6.92. The Balaban J connectivity index is 2.33. The van der Waals surface area contributed by atoms with Crippen LogP contribution in [0.25, 0.3) is 0 Å². The minimum atomic E-state index is -0.604. The van der Waals surface area contributed by atoms with Gasteiger partial charge in [0.25, 0.3) is 0 Å². The van der Waals surface area contributed by atoms with Gasteiger partial charge < -0.3 is 15.2 Å². The SMILES string of the molecule is COC(=O)c1nc(C)cc(Oc2ccc(N)cc2C)n1. The molecule has 0 unspecified atom stereocenters. The highest BCUT2D eigenvalue weighted by Crippen LogP contribution is 2.25. The van der Waals surface area contributed by atoms with Gasteiger partial charge in [0.1, 0.15) is 5.75 Å². The fraction of sp³-hybridized carbons (Fsp3) is 0.214. The summed E-state index contributed by atoms with van der Waals surface area (Å²) in [5, 5.41) is 0. The Hall–Kier alpha value is -2.63. The Kier molecular flexibility index (Phi) is 3.84. The normalized spacial score (nSPS) is 10.2. The van der Waals surface area contributed by atoms with E-state index in [1.54, 1.807) is 31.2 Å². The standard InChI is InChI=1S/C14H15N3O3/c1-8-6-10(15)4-5-11(8)20-12-7-9(2)16-13(17-12)14(18)19-3/h4-7H,15H2,1-3H3. The highest BCUT2D eigenvalue weighted by atomic mass is 16.5. The number of hydrogen-bond acceptors (Lipinski definition) is 6. The molecule has 2 aromatic rings. The number of ether oxygens (including phenoxy) is 2. The molecule has 0 aliphatic heterocycles. The summed E-state index contributed by atoms with van der Waals surface area (Å²) in [6.07, 6.45) is 0. The number of benzene rings is 1. The largest absolute Gasteiger partial charge is 0.463 e. The first-order chi connectivity index (χ1) is 9.49. The molecule has 0 amide bonds. The van der Waals surface area contributed by atoms with Crippen molar-refractivity contribution in [1.29, 1.82) is 0 Å². The van der Waals surface area contributed by atoms with Crippen LogP contribution in [0.4, 0.5) is 5.69 Å². The molecule has 6 heteroatoms. The molecule has 20 heavy (non-hydrogen) atoms. The van der Waals surface area contributed by atoms with Gasteiger partial charge in [0.15, 0.2) is 0 Å². The molecule has 1 aromatic heterocycles. The smallest absolute Gasteiger partial charge is 0.376 e. The van der Waals surface area contributed by atoms with Crippen molar-refractivity contribution in [3.05, 3.63) is 41.3 Å². The molecular formula is C14H15N3O3. The van der Waals surface area contributed by atoms with Crippen LogP contribution in [0.1, 0.15) is 21.9 Å². The molecule has 1 aromatic carbocycles. The van der Waals surface area contributed by atoms with E-state index in [1.807, 2.05) is 6.92 Å². The molecule has 0 spiro atoms. The van der Waals surface area contributed by atoms with E-state index in [0.717, 1.165) is 5.56 Å². The number of methoxy groups -OCH3 is 1. The van der Waals surface area contributed by atoms with Crippen molar-refractivity contribution in [3.63, 3.8) is 0 Å². The van der Waals surface area contributed by atoms with Gasteiger partial charge in [0, 0.05) is 17.4 Å². The summed E-state index contributed by atoms with van der Waals surface area (Å²) in [7, 11) is 1.28. The number of nitrogen functional groups attached to an aromatic ring is 1. The number of aryl methyl sites for hydroxylation is 2. The summed E-state index contributed by atoms with van der Waals surface area (Å²) >= 11 is 0. The highest BCUT2D eigenvalue weighted by Gasteiger charge is 2.13. The van der Waals surface area contributed by atoms with Gasteiger partial charge in [-0.05, 0) is 37.6 Å². The Morgan fingerprint density at radius 1 is 1.20 bits per heavy atom. The van der Waals surface area contributed by atoms with Crippen molar-refractivity contribution in [1.82, 2.24) is 9.97 Å². The summed E-state index contributed by atoms with van der Waals surface area (Å²) in [5.74, 6) is 0.266. The summed E-state index contributed by atoms with van der Waals surface area (Å²) in [5.41, 5.74) is 7.83. The van der Waals surface area contributed by atoms with Crippen molar-refractivity contribution in [2.75, 3.05) is 12.8 Å². The number of carbonyl (C=O) groups is 1. The van der Waals surface area contributed by atoms with E-state index in [4.69, 9.17) is 10.5 Å². The van der Waals surface area contributed by atoms with Gasteiger partial charge >= 0.3 is 5.97 Å². The zero-order valence-electron chi connectivity index (χ0n) is 11.5. The van der Waals surface area contributed by atoms with Gasteiger partial charge in [-0.1, -0.05) is 0 Å². The second-order valence-electron chi connectivity index (χ2n) is 4.29. The second-order valence-corrected chi connectivity index (χ2v) is 4.29. The number of rotatable bonds is 3. The van der Waals surface area contributed by atoms with E-state index < -0.39 is 5.97 Å². The van der Waals surface area contributed by atoms with E-state index in [0.29, 0.717) is 17.1 Å². The summed E-state index contributed by atoms with van der Waals surface area (Å²) < 4.78 is 10.3. The quantitative estimate of drug-likeness (QED) is 0.681. The molecule has 0 atom stereocenters. The van der Waals surface area contributed by atoms with E-state index in [1.165, 1.54) is 7.11 Å². The molecule has 0 saturated carbocycles.